The van der Waals surface area contributed by atoms with Gasteiger partial charge >= 0.3 is 5.97 Å². The molecule has 2 aromatic rings. The van der Waals surface area contributed by atoms with Crippen molar-refractivity contribution in [1.29, 1.82) is 0 Å². The number of benzene rings is 1. The molecular weight excluding hydrogens is 278 g/mol. The van der Waals surface area contributed by atoms with Gasteiger partial charge in [-0.25, -0.2) is 4.79 Å². The highest BCUT2D eigenvalue weighted by Crippen LogP contribution is 2.25. The zero-order valence-electron chi connectivity index (χ0n) is 11.3. The minimum absolute atomic E-state index is 0.200. The van der Waals surface area contributed by atoms with Gasteiger partial charge in [-0.15, -0.1) is 5.10 Å². The summed E-state index contributed by atoms with van der Waals surface area (Å²) in [5.74, 6) is 0.320. The number of esters is 1. The molecule has 6 nitrogen and oxygen atoms in total. The van der Waals surface area contributed by atoms with E-state index in [1.54, 1.807) is 6.92 Å². The summed E-state index contributed by atoms with van der Waals surface area (Å²) in [4.78, 5) is 11.7. The zero-order valence-corrected chi connectivity index (χ0v) is 12.1. The minimum Gasteiger partial charge on any atom is -0.494 e. The first-order valence-corrected chi connectivity index (χ1v) is 7.01. The first-order chi connectivity index (χ1) is 9.74. The lowest BCUT2D eigenvalue weighted by Gasteiger charge is -2.07. The van der Waals surface area contributed by atoms with E-state index in [1.165, 1.54) is 0 Å². The van der Waals surface area contributed by atoms with E-state index in [0.29, 0.717) is 18.2 Å². The summed E-state index contributed by atoms with van der Waals surface area (Å²) in [6.45, 7) is 4.61. The fraction of sp³-hybridized carbons (Fsp3) is 0.308. The van der Waals surface area contributed by atoms with Crippen molar-refractivity contribution >= 4 is 28.2 Å². The van der Waals surface area contributed by atoms with Gasteiger partial charge < -0.3 is 14.8 Å². The molecule has 7 heteroatoms. The Morgan fingerprint density at radius 3 is 2.65 bits per heavy atom. The Balaban J connectivity index is 2.10. The van der Waals surface area contributed by atoms with Crippen LogP contribution >= 0.6 is 11.5 Å². The maximum Gasteiger partial charge on any atom is 0.362 e. The Morgan fingerprint density at radius 1 is 1.25 bits per heavy atom. The molecule has 1 aromatic heterocycles. The molecule has 20 heavy (non-hydrogen) atoms. The SMILES string of the molecule is CCOC(=O)c1nnsc1Nc1ccc(OCC)cc1. The van der Waals surface area contributed by atoms with E-state index in [1.807, 2.05) is 31.2 Å². The predicted octanol–water partition coefficient (Wildman–Crippen LogP) is 2.86. The van der Waals surface area contributed by atoms with Crippen LogP contribution in [0.5, 0.6) is 5.75 Å². The quantitative estimate of drug-likeness (QED) is 0.826. The standard InChI is InChI=1S/C13H15N3O3S/c1-3-18-10-7-5-9(6-8-10)14-12-11(15-16-20-12)13(17)19-4-2/h5-8,14H,3-4H2,1-2H3. The topological polar surface area (TPSA) is 73.3 Å². The highest BCUT2D eigenvalue weighted by molar-refractivity contribution is 7.10. The van der Waals surface area contributed by atoms with E-state index < -0.39 is 5.97 Å². The van der Waals surface area contributed by atoms with Gasteiger partial charge in [-0.2, -0.15) is 0 Å². The molecule has 0 aliphatic heterocycles. The first-order valence-electron chi connectivity index (χ1n) is 6.24. The highest BCUT2D eigenvalue weighted by Gasteiger charge is 2.17. The number of nitrogens with one attached hydrogen (secondary N) is 1. The molecule has 106 valence electrons. The van der Waals surface area contributed by atoms with Crippen molar-refractivity contribution in [2.45, 2.75) is 13.8 Å². The average Bonchev–Trinajstić information content (AvgIpc) is 2.90. The van der Waals surface area contributed by atoms with Gasteiger partial charge in [0.15, 0.2) is 0 Å². The van der Waals surface area contributed by atoms with Gasteiger partial charge in [-0.05, 0) is 38.1 Å². The number of anilines is 2. The summed E-state index contributed by atoms with van der Waals surface area (Å²) >= 11 is 1.11. The number of hydrogen-bond donors (Lipinski definition) is 1. The fourth-order valence-corrected chi connectivity index (χ4v) is 2.12. The minimum atomic E-state index is -0.477. The number of carbonyl (C=O) groups is 1. The third kappa shape index (κ3) is 3.45. The smallest absolute Gasteiger partial charge is 0.362 e. The molecule has 1 heterocycles. The van der Waals surface area contributed by atoms with Crippen LogP contribution in [-0.4, -0.2) is 28.8 Å². The van der Waals surface area contributed by atoms with Gasteiger partial charge in [-0.3, -0.25) is 0 Å². The van der Waals surface area contributed by atoms with Gasteiger partial charge in [0.25, 0.3) is 0 Å². The molecule has 0 bridgehead atoms. The van der Waals surface area contributed by atoms with Gasteiger partial charge in [0.1, 0.15) is 10.8 Å². The second-order valence-electron chi connectivity index (χ2n) is 3.75. The summed E-state index contributed by atoms with van der Waals surface area (Å²) in [5, 5.41) is 7.45. The van der Waals surface area contributed by atoms with Crippen LogP contribution in [-0.2, 0) is 4.74 Å². The van der Waals surface area contributed by atoms with Crippen molar-refractivity contribution in [2.75, 3.05) is 18.5 Å². The number of ether oxygens (including phenoxy) is 2. The van der Waals surface area contributed by atoms with Gasteiger partial charge in [0.05, 0.1) is 13.2 Å². The van der Waals surface area contributed by atoms with Gasteiger partial charge in [0.2, 0.25) is 5.69 Å². The molecular formula is C13H15N3O3S. The van der Waals surface area contributed by atoms with E-state index in [4.69, 9.17) is 9.47 Å². The molecule has 1 aromatic carbocycles. The summed E-state index contributed by atoms with van der Waals surface area (Å²) in [5.41, 5.74) is 1.02. The Hall–Kier alpha value is -2.15. The molecule has 0 unspecified atom stereocenters. The van der Waals surface area contributed by atoms with Crippen molar-refractivity contribution in [3.63, 3.8) is 0 Å². The van der Waals surface area contributed by atoms with Crippen molar-refractivity contribution in [3.05, 3.63) is 30.0 Å². The molecule has 0 radical (unpaired) electrons. The average molecular weight is 293 g/mol. The molecule has 0 saturated heterocycles. The van der Waals surface area contributed by atoms with Crippen LogP contribution < -0.4 is 10.1 Å². The second-order valence-corrected chi connectivity index (χ2v) is 4.51. The van der Waals surface area contributed by atoms with Crippen molar-refractivity contribution in [3.8, 4) is 5.75 Å². The van der Waals surface area contributed by atoms with Crippen LogP contribution in [0, 0.1) is 0 Å². The van der Waals surface area contributed by atoms with E-state index >= 15 is 0 Å². The lowest BCUT2D eigenvalue weighted by molar-refractivity contribution is 0.0520. The molecule has 0 aliphatic carbocycles. The van der Waals surface area contributed by atoms with E-state index in [9.17, 15) is 4.79 Å². The van der Waals surface area contributed by atoms with Crippen molar-refractivity contribution < 1.29 is 14.3 Å². The fourth-order valence-electron chi connectivity index (χ4n) is 1.54. The summed E-state index contributed by atoms with van der Waals surface area (Å²) in [7, 11) is 0. The lowest BCUT2D eigenvalue weighted by atomic mass is 10.3. The maximum absolute atomic E-state index is 11.7. The molecule has 1 N–H and O–H groups in total. The molecule has 0 saturated carbocycles. The van der Waals surface area contributed by atoms with E-state index in [-0.39, 0.29) is 5.69 Å². The molecule has 0 atom stereocenters. The second kappa shape index (κ2) is 6.85. The van der Waals surface area contributed by atoms with Gasteiger partial charge in [-0.1, -0.05) is 4.49 Å². The Labute approximate surface area is 120 Å². The van der Waals surface area contributed by atoms with E-state index in [2.05, 4.69) is 14.9 Å². The van der Waals surface area contributed by atoms with Crippen molar-refractivity contribution in [2.24, 2.45) is 0 Å². The number of hydrogen-bond acceptors (Lipinski definition) is 7. The first kappa shape index (κ1) is 14.3. The Morgan fingerprint density at radius 2 is 2.00 bits per heavy atom. The van der Waals surface area contributed by atoms with Crippen LogP contribution in [0.25, 0.3) is 0 Å². The van der Waals surface area contributed by atoms with Crippen LogP contribution in [0.1, 0.15) is 24.3 Å². The number of nitrogens with zero attached hydrogens (tertiary/aromatic N) is 2. The summed E-state index contributed by atoms with van der Waals surface area (Å²) < 4.78 is 14.1. The Kier molecular flexibility index (Phi) is 4.89. The van der Waals surface area contributed by atoms with Crippen LogP contribution in [0.15, 0.2) is 24.3 Å². The molecule has 0 aliphatic rings. The van der Waals surface area contributed by atoms with Gasteiger partial charge in [0, 0.05) is 17.2 Å². The van der Waals surface area contributed by atoms with Crippen LogP contribution in [0.2, 0.25) is 0 Å². The third-order valence-corrected chi connectivity index (χ3v) is 3.02. The lowest BCUT2D eigenvalue weighted by Crippen LogP contribution is -2.07. The monoisotopic (exact) mass is 293 g/mol. The molecule has 0 spiro atoms. The third-order valence-electron chi connectivity index (χ3n) is 2.38. The normalized spacial score (nSPS) is 10.1. The molecule has 2 rings (SSSR count). The summed E-state index contributed by atoms with van der Waals surface area (Å²) in [6, 6.07) is 7.42. The largest absolute Gasteiger partial charge is 0.494 e. The van der Waals surface area contributed by atoms with Crippen molar-refractivity contribution in [1.82, 2.24) is 9.59 Å². The maximum atomic E-state index is 11.7. The zero-order chi connectivity index (χ0) is 14.4. The predicted molar refractivity (Wildman–Crippen MR) is 76.8 cm³/mol. The summed E-state index contributed by atoms with van der Waals surface area (Å²) in [6.07, 6.45) is 0. The highest BCUT2D eigenvalue weighted by atomic mass is 32.1. The number of rotatable bonds is 6. The van der Waals surface area contributed by atoms with Crippen LogP contribution in [0.3, 0.4) is 0 Å². The molecule has 0 fully saturated rings. The number of carbonyl (C=O) groups excluding carboxylic acids is 1. The van der Waals surface area contributed by atoms with E-state index in [0.717, 1.165) is 23.0 Å². The molecule has 0 amide bonds. The van der Waals surface area contributed by atoms with Crippen LogP contribution in [0.4, 0.5) is 10.7 Å². The number of aromatic nitrogens is 2. The Bertz CT molecular complexity index is 568.